The van der Waals surface area contributed by atoms with Gasteiger partial charge in [0.2, 0.25) is 5.91 Å². The van der Waals surface area contributed by atoms with E-state index in [0.29, 0.717) is 5.88 Å². The number of anilines is 1. The molecule has 3 heteroatoms. The van der Waals surface area contributed by atoms with Crippen LogP contribution in [-0.4, -0.2) is 11.8 Å². The van der Waals surface area contributed by atoms with Crippen LogP contribution in [0.25, 0.3) is 0 Å². The summed E-state index contributed by atoms with van der Waals surface area (Å²) in [6.45, 7) is 8.61. The molecule has 2 nitrogen and oxygen atoms in total. The molecule has 1 aliphatic carbocycles. The van der Waals surface area contributed by atoms with Gasteiger partial charge in [-0.05, 0) is 34.9 Å². The standard InChI is InChI=1S/C16H22ClNO/c1-15(2)13(16(15,3)4)14(19)18-12-7-5-11(6-8-12)9-10-17/h5-8,13H,9-10H2,1-4H3,(H,18,19). The van der Waals surface area contributed by atoms with Crippen LogP contribution in [0.15, 0.2) is 24.3 Å². The maximum atomic E-state index is 12.3. The molecule has 104 valence electrons. The largest absolute Gasteiger partial charge is 0.326 e. The first kappa shape index (κ1) is 14.4. The van der Waals surface area contributed by atoms with Gasteiger partial charge in [0.1, 0.15) is 0 Å². The number of hydrogen-bond donors (Lipinski definition) is 1. The normalized spacial score (nSPS) is 20.1. The Kier molecular flexibility index (Phi) is 3.65. The number of rotatable bonds is 4. The van der Waals surface area contributed by atoms with Crippen LogP contribution in [0.1, 0.15) is 33.3 Å². The molecule has 1 fully saturated rings. The van der Waals surface area contributed by atoms with Gasteiger partial charge in [0.15, 0.2) is 0 Å². The summed E-state index contributed by atoms with van der Waals surface area (Å²) in [6, 6.07) is 7.92. The fourth-order valence-corrected chi connectivity index (χ4v) is 3.15. The molecule has 1 aromatic rings. The van der Waals surface area contributed by atoms with E-state index in [1.165, 1.54) is 5.56 Å². The number of hydrogen-bond acceptors (Lipinski definition) is 1. The first-order valence-corrected chi connectivity index (χ1v) is 7.30. The summed E-state index contributed by atoms with van der Waals surface area (Å²) in [5.41, 5.74) is 2.22. The molecule has 0 bridgehead atoms. The van der Waals surface area contributed by atoms with Gasteiger partial charge in [0.05, 0.1) is 0 Å². The highest BCUT2D eigenvalue weighted by atomic mass is 35.5. The van der Waals surface area contributed by atoms with E-state index in [9.17, 15) is 4.79 Å². The molecule has 1 aliphatic rings. The van der Waals surface area contributed by atoms with Crippen molar-refractivity contribution >= 4 is 23.2 Å². The third-order valence-electron chi connectivity index (χ3n) is 4.89. The molecule has 0 heterocycles. The van der Waals surface area contributed by atoms with Gasteiger partial charge in [0.25, 0.3) is 0 Å². The predicted octanol–water partition coefficient (Wildman–Crippen LogP) is 4.09. The Morgan fingerprint density at radius 3 is 2.11 bits per heavy atom. The van der Waals surface area contributed by atoms with Crippen LogP contribution in [0, 0.1) is 16.7 Å². The van der Waals surface area contributed by atoms with Crippen LogP contribution in [0.3, 0.4) is 0 Å². The first-order chi connectivity index (χ1) is 8.80. The molecule has 0 radical (unpaired) electrons. The molecule has 0 aromatic heterocycles. The van der Waals surface area contributed by atoms with E-state index in [2.05, 4.69) is 33.0 Å². The topological polar surface area (TPSA) is 29.1 Å². The van der Waals surface area contributed by atoms with Crippen molar-refractivity contribution in [3.63, 3.8) is 0 Å². The second kappa shape index (κ2) is 4.82. The summed E-state index contributed by atoms with van der Waals surface area (Å²) in [5, 5.41) is 3.01. The molecule has 0 spiro atoms. The second-order valence-electron chi connectivity index (χ2n) is 6.50. The van der Waals surface area contributed by atoms with E-state index in [0.717, 1.165) is 12.1 Å². The van der Waals surface area contributed by atoms with Gasteiger partial charge in [-0.1, -0.05) is 39.8 Å². The number of alkyl halides is 1. The number of halogens is 1. The zero-order chi connectivity index (χ0) is 14.3. The maximum Gasteiger partial charge on any atom is 0.228 e. The summed E-state index contributed by atoms with van der Waals surface area (Å²) in [5.74, 6) is 0.832. The van der Waals surface area contributed by atoms with Crippen molar-refractivity contribution in [1.82, 2.24) is 0 Å². The fraction of sp³-hybridized carbons (Fsp3) is 0.562. The van der Waals surface area contributed by atoms with Gasteiger partial charge in [-0.2, -0.15) is 0 Å². The maximum absolute atomic E-state index is 12.3. The van der Waals surface area contributed by atoms with Crippen molar-refractivity contribution in [2.45, 2.75) is 34.1 Å². The molecular formula is C16H22ClNO. The van der Waals surface area contributed by atoms with Crippen LogP contribution in [0.2, 0.25) is 0 Å². The highest BCUT2D eigenvalue weighted by molar-refractivity contribution is 6.18. The summed E-state index contributed by atoms with van der Waals surface area (Å²) < 4.78 is 0. The Balaban J connectivity index is 2.01. The van der Waals surface area contributed by atoms with Gasteiger partial charge in [-0.15, -0.1) is 11.6 Å². The lowest BCUT2D eigenvalue weighted by Gasteiger charge is -2.07. The molecule has 1 N–H and O–H groups in total. The predicted molar refractivity (Wildman–Crippen MR) is 80.5 cm³/mol. The summed E-state index contributed by atoms with van der Waals surface area (Å²) in [7, 11) is 0. The number of nitrogens with one attached hydrogen (secondary N) is 1. The van der Waals surface area contributed by atoms with Crippen LogP contribution in [-0.2, 0) is 11.2 Å². The van der Waals surface area contributed by atoms with Crippen molar-refractivity contribution in [3.05, 3.63) is 29.8 Å². The van der Waals surface area contributed by atoms with Gasteiger partial charge in [-0.3, -0.25) is 4.79 Å². The van der Waals surface area contributed by atoms with Gasteiger partial charge in [-0.25, -0.2) is 0 Å². The third kappa shape index (κ3) is 2.51. The molecule has 1 aromatic carbocycles. The van der Waals surface area contributed by atoms with Crippen LogP contribution in [0.5, 0.6) is 0 Å². The lowest BCUT2D eigenvalue weighted by Crippen LogP contribution is -2.17. The lowest BCUT2D eigenvalue weighted by atomic mass is 10.0. The Morgan fingerprint density at radius 1 is 1.16 bits per heavy atom. The van der Waals surface area contributed by atoms with Crippen molar-refractivity contribution in [2.24, 2.45) is 16.7 Å². The fourth-order valence-electron chi connectivity index (χ4n) is 2.93. The number of amides is 1. The van der Waals surface area contributed by atoms with E-state index in [1.54, 1.807) is 0 Å². The molecule has 2 rings (SSSR count). The Labute approximate surface area is 120 Å². The molecule has 0 aliphatic heterocycles. The van der Waals surface area contributed by atoms with Gasteiger partial charge >= 0.3 is 0 Å². The van der Waals surface area contributed by atoms with Crippen molar-refractivity contribution in [2.75, 3.05) is 11.2 Å². The number of benzene rings is 1. The minimum Gasteiger partial charge on any atom is -0.326 e. The van der Waals surface area contributed by atoms with Gasteiger partial charge in [0, 0.05) is 17.5 Å². The van der Waals surface area contributed by atoms with Crippen molar-refractivity contribution in [3.8, 4) is 0 Å². The molecule has 1 saturated carbocycles. The minimum absolute atomic E-state index is 0.0790. The average molecular weight is 280 g/mol. The Bertz CT molecular complexity index is 462. The monoisotopic (exact) mass is 279 g/mol. The van der Waals surface area contributed by atoms with Crippen LogP contribution >= 0.6 is 11.6 Å². The summed E-state index contributed by atoms with van der Waals surface area (Å²) in [6.07, 6.45) is 0.860. The van der Waals surface area contributed by atoms with E-state index < -0.39 is 0 Å². The summed E-state index contributed by atoms with van der Waals surface area (Å²) in [4.78, 5) is 12.3. The number of carbonyl (C=O) groups is 1. The van der Waals surface area contributed by atoms with Crippen molar-refractivity contribution in [1.29, 1.82) is 0 Å². The quantitative estimate of drug-likeness (QED) is 0.827. The highest BCUT2D eigenvalue weighted by Gasteiger charge is 2.68. The number of carbonyl (C=O) groups excluding carboxylic acids is 1. The van der Waals surface area contributed by atoms with E-state index in [4.69, 9.17) is 11.6 Å². The molecule has 0 saturated heterocycles. The smallest absolute Gasteiger partial charge is 0.228 e. The summed E-state index contributed by atoms with van der Waals surface area (Å²) >= 11 is 5.70. The van der Waals surface area contributed by atoms with Crippen molar-refractivity contribution < 1.29 is 4.79 Å². The molecule has 1 amide bonds. The average Bonchev–Trinajstić information content (AvgIpc) is 2.72. The molecular weight excluding hydrogens is 258 g/mol. The van der Waals surface area contributed by atoms with Crippen LogP contribution in [0.4, 0.5) is 5.69 Å². The second-order valence-corrected chi connectivity index (χ2v) is 6.88. The highest BCUT2D eigenvalue weighted by Crippen LogP contribution is 2.68. The lowest BCUT2D eigenvalue weighted by molar-refractivity contribution is -0.118. The number of aryl methyl sites for hydroxylation is 1. The van der Waals surface area contributed by atoms with E-state index in [-0.39, 0.29) is 22.7 Å². The molecule has 0 atom stereocenters. The van der Waals surface area contributed by atoms with Crippen LogP contribution < -0.4 is 5.32 Å². The molecule has 19 heavy (non-hydrogen) atoms. The van der Waals surface area contributed by atoms with Gasteiger partial charge < -0.3 is 5.32 Å². The minimum atomic E-state index is 0.0790. The van der Waals surface area contributed by atoms with E-state index in [1.807, 2.05) is 24.3 Å². The molecule has 0 unspecified atom stereocenters. The zero-order valence-corrected chi connectivity index (χ0v) is 12.8. The Hall–Kier alpha value is -1.02. The Morgan fingerprint density at radius 2 is 1.68 bits per heavy atom. The first-order valence-electron chi connectivity index (χ1n) is 6.76. The van der Waals surface area contributed by atoms with E-state index >= 15 is 0 Å². The zero-order valence-electron chi connectivity index (χ0n) is 12.1. The third-order valence-corrected chi connectivity index (χ3v) is 5.08. The SMILES string of the molecule is CC1(C)C(C(=O)Nc2ccc(CCCl)cc2)C1(C)C.